The molecule has 2 heterocycles. The first-order chi connectivity index (χ1) is 10.2. The summed E-state index contributed by atoms with van der Waals surface area (Å²) >= 11 is 1.66. The summed E-state index contributed by atoms with van der Waals surface area (Å²) in [5.41, 5.74) is 1.65. The summed E-state index contributed by atoms with van der Waals surface area (Å²) in [6.45, 7) is 4.46. The fourth-order valence-corrected chi connectivity index (χ4v) is 3.64. The zero-order valence-corrected chi connectivity index (χ0v) is 13.1. The number of aromatic nitrogens is 1. The molecule has 3 nitrogen and oxygen atoms in total. The Kier molecular flexibility index (Phi) is 4.34. The van der Waals surface area contributed by atoms with Gasteiger partial charge in [0.25, 0.3) is 0 Å². The highest BCUT2D eigenvalue weighted by atomic mass is 32.1. The van der Waals surface area contributed by atoms with E-state index in [1.807, 2.05) is 35.7 Å². The predicted molar refractivity (Wildman–Crippen MR) is 87.2 cm³/mol. The van der Waals surface area contributed by atoms with E-state index in [4.69, 9.17) is 0 Å². The van der Waals surface area contributed by atoms with Crippen LogP contribution in [0.15, 0.2) is 35.7 Å². The number of carbonyl (C=O) groups excluding carboxylic acids is 1. The average Bonchev–Trinajstić information content (AvgIpc) is 2.97. The van der Waals surface area contributed by atoms with Crippen LogP contribution in [-0.4, -0.2) is 23.9 Å². The molecule has 4 heteroatoms. The van der Waals surface area contributed by atoms with Crippen molar-refractivity contribution in [1.29, 1.82) is 0 Å². The quantitative estimate of drug-likeness (QED) is 0.805. The first-order valence-electron chi connectivity index (χ1n) is 7.50. The number of carbonyl (C=O) groups is 1. The molecule has 0 bridgehead atoms. The lowest BCUT2D eigenvalue weighted by atomic mass is 10.0. The Morgan fingerprint density at radius 1 is 1.38 bits per heavy atom. The standard InChI is InChI=1S/C17H20N2OS/c1-13-6-5-9-19(11-13)17-18-15(12-21-17)10-16(20)14-7-3-2-4-8-14/h2-4,7-8,12-13H,5-6,9-11H2,1H3. The molecule has 3 rings (SSSR count). The Balaban J connectivity index is 1.66. The van der Waals surface area contributed by atoms with E-state index in [-0.39, 0.29) is 5.78 Å². The van der Waals surface area contributed by atoms with Crippen LogP contribution in [0.3, 0.4) is 0 Å². The molecule has 1 unspecified atom stereocenters. The van der Waals surface area contributed by atoms with Crippen LogP contribution < -0.4 is 4.90 Å². The van der Waals surface area contributed by atoms with Gasteiger partial charge in [-0.2, -0.15) is 0 Å². The lowest BCUT2D eigenvalue weighted by Gasteiger charge is -2.30. The van der Waals surface area contributed by atoms with Crippen LogP contribution in [0, 0.1) is 5.92 Å². The van der Waals surface area contributed by atoms with Crippen molar-refractivity contribution in [3.05, 3.63) is 47.0 Å². The molecule has 21 heavy (non-hydrogen) atoms. The Morgan fingerprint density at radius 3 is 2.95 bits per heavy atom. The molecule has 0 N–H and O–H groups in total. The van der Waals surface area contributed by atoms with Crippen molar-refractivity contribution >= 4 is 22.3 Å². The summed E-state index contributed by atoms with van der Waals surface area (Å²) in [5.74, 6) is 0.872. The van der Waals surface area contributed by atoms with E-state index < -0.39 is 0 Å². The van der Waals surface area contributed by atoms with Crippen molar-refractivity contribution in [3.63, 3.8) is 0 Å². The van der Waals surface area contributed by atoms with Crippen LogP contribution in [0.5, 0.6) is 0 Å². The Hall–Kier alpha value is -1.68. The number of benzene rings is 1. The number of anilines is 1. The van der Waals surface area contributed by atoms with Crippen molar-refractivity contribution in [2.75, 3.05) is 18.0 Å². The second kappa shape index (κ2) is 6.39. The van der Waals surface area contributed by atoms with E-state index in [9.17, 15) is 4.79 Å². The van der Waals surface area contributed by atoms with E-state index in [1.165, 1.54) is 12.8 Å². The van der Waals surface area contributed by atoms with Crippen molar-refractivity contribution < 1.29 is 4.79 Å². The summed E-state index contributed by atoms with van der Waals surface area (Å²) in [6.07, 6.45) is 2.93. The Morgan fingerprint density at radius 2 is 2.19 bits per heavy atom. The van der Waals surface area contributed by atoms with Gasteiger partial charge < -0.3 is 4.90 Å². The van der Waals surface area contributed by atoms with Crippen molar-refractivity contribution in [1.82, 2.24) is 4.98 Å². The minimum Gasteiger partial charge on any atom is -0.348 e. The summed E-state index contributed by atoms with van der Waals surface area (Å²) < 4.78 is 0. The highest BCUT2D eigenvalue weighted by Crippen LogP contribution is 2.26. The molecule has 1 atom stereocenters. The Bertz CT molecular complexity index is 608. The van der Waals surface area contributed by atoms with Gasteiger partial charge in [-0.05, 0) is 18.8 Å². The van der Waals surface area contributed by atoms with Gasteiger partial charge in [-0.15, -0.1) is 11.3 Å². The molecule has 1 aromatic carbocycles. The number of Topliss-reactive ketones (excluding diaryl/α,β-unsaturated/α-hetero) is 1. The van der Waals surface area contributed by atoms with E-state index in [0.29, 0.717) is 6.42 Å². The molecule has 0 saturated carbocycles. The second-order valence-corrected chi connectivity index (χ2v) is 6.62. The first-order valence-corrected chi connectivity index (χ1v) is 8.38. The van der Waals surface area contributed by atoms with Crippen molar-refractivity contribution in [3.8, 4) is 0 Å². The number of rotatable bonds is 4. The molecule has 1 aliphatic heterocycles. The van der Waals surface area contributed by atoms with Crippen molar-refractivity contribution in [2.24, 2.45) is 5.92 Å². The van der Waals surface area contributed by atoms with Gasteiger partial charge in [0.05, 0.1) is 12.1 Å². The lowest BCUT2D eigenvalue weighted by molar-refractivity contribution is 0.0992. The third kappa shape index (κ3) is 3.50. The minimum absolute atomic E-state index is 0.138. The number of nitrogens with zero attached hydrogens (tertiary/aromatic N) is 2. The fourth-order valence-electron chi connectivity index (χ4n) is 2.78. The third-order valence-electron chi connectivity index (χ3n) is 3.90. The molecule has 0 spiro atoms. The van der Waals surface area contributed by atoms with Crippen LogP contribution in [0.2, 0.25) is 0 Å². The lowest BCUT2D eigenvalue weighted by Crippen LogP contribution is -2.34. The molecule has 0 amide bonds. The molecule has 110 valence electrons. The normalized spacial score (nSPS) is 18.7. The van der Waals surface area contributed by atoms with Crippen LogP contribution in [0.4, 0.5) is 5.13 Å². The molecular weight excluding hydrogens is 280 g/mol. The van der Waals surface area contributed by atoms with Gasteiger partial charge in [0, 0.05) is 24.0 Å². The van der Waals surface area contributed by atoms with Gasteiger partial charge in [0.15, 0.2) is 10.9 Å². The van der Waals surface area contributed by atoms with Crippen LogP contribution in [0.1, 0.15) is 35.8 Å². The molecule has 1 saturated heterocycles. The predicted octanol–water partition coefficient (Wildman–Crippen LogP) is 3.80. The third-order valence-corrected chi connectivity index (χ3v) is 4.85. The zero-order valence-electron chi connectivity index (χ0n) is 12.3. The highest BCUT2D eigenvalue weighted by Gasteiger charge is 2.19. The number of hydrogen-bond acceptors (Lipinski definition) is 4. The smallest absolute Gasteiger partial charge is 0.185 e. The molecule has 0 aliphatic carbocycles. The number of thiazole rings is 1. The maximum Gasteiger partial charge on any atom is 0.185 e. The Labute approximate surface area is 129 Å². The van der Waals surface area contributed by atoms with Crippen LogP contribution in [-0.2, 0) is 6.42 Å². The summed E-state index contributed by atoms with van der Waals surface area (Å²) in [7, 11) is 0. The summed E-state index contributed by atoms with van der Waals surface area (Å²) in [4.78, 5) is 19.2. The van der Waals surface area contributed by atoms with Gasteiger partial charge in [-0.25, -0.2) is 4.98 Å². The minimum atomic E-state index is 0.138. The SMILES string of the molecule is CC1CCCN(c2nc(CC(=O)c3ccccc3)cs2)C1. The van der Waals surface area contributed by atoms with Gasteiger partial charge >= 0.3 is 0 Å². The average molecular weight is 300 g/mol. The van der Waals surface area contributed by atoms with Crippen molar-refractivity contribution in [2.45, 2.75) is 26.2 Å². The molecule has 1 aliphatic rings. The van der Waals surface area contributed by atoms with Gasteiger partial charge in [-0.1, -0.05) is 37.3 Å². The maximum atomic E-state index is 12.2. The molecule has 2 aromatic rings. The van der Waals surface area contributed by atoms with Gasteiger partial charge in [0.2, 0.25) is 0 Å². The van der Waals surface area contributed by atoms with Gasteiger partial charge in [0.1, 0.15) is 0 Å². The van der Waals surface area contributed by atoms with E-state index in [1.54, 1.807) is 11.3 Å². The molecule has 1 aromatic heterocycles. The number of ketones is 1. The van der Waals surface area contributed by atoms with E-state index in [2.05, 4.69) is 16.8 Å². The largest absolute Gasteiger partial charge is 0.348 e. The monoisotopic (exact) mass is 300 g/mol. The molecular formula is C17H20N2OS. The zero-order chi connectivity index (χ0) is 14.7. The topological polar surface area (TPSA) is 33.2 Å². The first kappa shape index (κ1) is 14.3. The van der Waals surface area contributed by atoms with E-state index in [0.717, 1.165) is 35.4 Å². The summed E-state index contributed by atoms with van der Waals surface area (Å²) in [5, 5.41) is 3.09. The molecule has 0 radical (unpaired) electrons. The molecule has 1 fully saturated rings. The van der Waals surface area contributed by atoms with Gasteiger partial charge in [-0.3, -0.25) is 4.79 Å². The van der Waals surface area contributed by atoms with E-state index >= 15 is 0 Å². The maximum absolute atomic E-state index is 12.2. The van der Waals surface area contributed by atoms with Crippen LogP contribution in [0.25, 0.3) is 0 Å². The fraction of sp³-hybridized carbons (Fsp3) is 0.412. The second-order valence-electron chi connectivity index (χ2n) is 5.78. The van der Waals surface area contributed by atoms with Crippen LogP contribution >= 0.6 is 11.3 Å². The summed E-state index contributed by atoms with van der Waals surface area (Å²) in [6, 6.07) is 9.45. The number of hydrogen-bond donors (Lipinski definition) is 0. The number of piperidine rings is 1. The highest BCUT2D eigenvalue weighted by molar-refractivity contribution is 7.13.